The number of carbonyl (C=O) groups excluding carboxylic acids is 1. The molecule has 29 heavy (non-hydrogen) atoms. The Bertz CT molecular complexity index is 845. The highest BCUT2D eigenvalue weighted by molar-refractivity contribution is 5.99. The Balaban J connectivity index is 1.50. The van der Waals surface area contributed by atoms with Gasteiger partial charge in [-0.1, -0.05) is 12.1 Å². The normalized spacial score (nSPS) is 21.2. The summed E-state index contributed by atoms with van der Waals surface area (Å²) in [5.74, 6) is 1.44. The molecule has 0 unspecified atom stereocenters. The first-order valence-corrected chi connectivity index (χ1v) is 10.5. The fourth-order valence-electron chi connectivity index (χ4n) is 4.16. The third kappa shape index (κ3) is 4.37. The van der Waals surface area contributed by atoms with E-state index < -0.39 is 0 Å². The van der Waals surface area contributed by atoms with Crippen LogP contribution in [0.4, 0.5) is 11.5 Å². The smallest absolute Gasteiger partial charge is 0.255 e. The number of anilines is 2. The molecule has 2 heterocycles. The van der Waals surface area contributed by atoms with Crippen molar-refractivity contribution in [1.29, 1.82) is 0 Å². The molecule has 1 N–H and O–H groups in total. The molecule has 1 aromatic heterocycles. The summed E-state index contributed by atoms with van der Waals surface area (Å²) in [6.45, 7) is 6.03. The molecule has 154 valence electrons. The lowest BCUT2D eigenvalue weighted by atomic mass is 9.92. The van der Waals surface area contributed by atoms with Gasteiger partial charge in [-0.25, -0.2) is 4.98 Å². The lowest BCUT2D eigenvalue weighted by molar-refractivity contribution is 0.0300. The summed E-state index contributed by atoms with van der Waals surface area (Å²) in [6, 6.07) is 9.98. The minimum atomic E-state index is -0.0691. The van der Waals surface area contributed by atoms with Crippen molar-refractivity contribution < 1.29 is 14.3 Å². The van der Waals surface area contributed by atoms with Crippen molar-refractivity contribution in [2.45, 2.75) is 51.7 Å². The summed E-state index contributed by atoms with van der Waals surface area (Å²) in [6.07, 6.45) is 6.08. The summed E-state index contributed by atoms with van der Waals surface area (Å²) >= 11 is 0. The highest BCUT2D eigenvalue weighted by Gasteiger charge is 2.28. The van der Waals surface area contributed by atoms with Gasteiger partial charge in [0.2, 0.25) is 0 Å². The summed E-state index contributed by atoms with van der Waals surface area (Å²) in [5.41, 5.74) is 2.60. The van der Waals surface area contributed by atoms with Crippen LogP contribution in [0.15, 0.2) is 36.5 Å². The number of hydrogen-bond acceptors (Lipinski definition) is 5. The van der Waals surface area contributed by atoms with Crippen molar-refractivity contribution in [3.05, 3.63) is 47.7 Å². The van der Waals surface area contributed by atoms with Gasteiger partial charge in [0.15, 0.2) is 5.75 Å². The quantitative estimate of drug-likeness (QED) is 0.829. The van der Waals surface area contributed by atoms with Crippen LogP contribution >= 0.6 is 0 Å². The molecule has 0 atom stereocenters. The topological polar surface area (TPSA) is 63.7 Å². The number of nitrogens with zero attached hydrogens (tertiary/aromatic N) is 2. The molecule has 2 aliphatic rings. The highest BCUT2D eigenvalue weighted by Crippen LogP contribution is 2.38. The van der Waals surface area contributed by atoms with Crippen molar-refractivity contribution in [3.63, 3.8) is 0 Å². The largest absolute Gasteiger partial charge is 0.489 e. The number of amides is 1. The average molecular weight is 396 g/mol. The second-order valence-electron chi connectivity index (χ2n) is 7.75. The van der Waals surface area contributed by atoms with Crippen LogP contribution in [0.5, 0.6) is 5.75 Å². The summed E-state index contributed by atoms with van der Waals surface area (Å²) in [4.78, 5) is 19.7. The Hall–Kier alpha value is -2.60. The SMILES string of the molecule is CCO[C@H]1CC[C@H](NC(=O)c2cccc3c2OCCN3c2ccc(C)cn2)CC1. The van der Waals surface area contributed by atoms with E-state index in [-0.39, 0.29) is 11.9 Å². The predicted octanol–water partition coefficient (Wildman–Crippen LogP) is 4.00. The van der Waals surface area contributed by atoms with Gasteiger partial charge in [-0.15, -0.1) is 0 Å². The molecular formula is C23H29N3O3. The van der Waals surface area contributed by atoms with E-state index in [1.54, 1.807) is 0 Å². The highest BCUT2D eigenvalue weighted by atomic mass is 16.5. The standard InChI is InChI=1S/C23H29N3O3/c1-3-28-18-10-8-17(9-11-18)25-23(27)19-5-4-6-20-22(19)29-14-13-26(20)21-12-7-16(2)15-24-21/h4-7,12,15,17-18H,3,8-11,13-14H2,1-2H3,(H,25,27)/t17-,18-. The van der Waals surface area contributed by atoms with Crippen LogP contribution < -0.4 is 15.0 Å². The zero-order valence-corrected chi connectivity index (χ0v) is 17.2. The van der Waals surface area contributed by atoms with E-state index in [0.29, 0.717) is 30.6 Å². The minimum Gasteiger partial charge on any atom is -0.489 e. The van der Waals surface area contributed by atoms with E-state index in [0.717, 1.165) is 49.4 Å². The van der Waals surface area contributed by atoms with Crippen LogP contribution in [0.25, 0.3) is 0 Å². The van der Waals surface area contributed by atoms with Crippen molar-refractivity contribution >= 4 is 17.4 Å². The van der Waals surface area contributed by atoms with E-state index in [9.17, 15) is 4.79 Å². The van der Waals surface area contributed by atoms with Gasteiger partial charge in [0.05, 0.1) is 23.9 Å². The van der Waals surface area contributed by atoms with Crippen LogP contribution in [0.2, 0.25) is 0 Å². The van der Waals surface area contributed by atoms with Gasteiger partial charge in [-0.2, -0.15) is 0 Å². The molecule has 6 heteroatoms. The second-order valence-corrected chi connectivity index (χ2v) is 7.75. The third-order valence-electron chi connectivity index (χ3n) is 5.68. The van der Waals surface area contributed by atoms with Crippen molar-refractivity contribution in [2.75, 3.05) is 24.7 Å². The molecule has 0 spiro atoms. The van der Waals surface area contributed by atoms with Crippen molar-refractivity contribution in [1.82, 2.24) is 10.3 Å². The average Bonchev–Trinajstić information content (AvgIpc) is 2.75. The van der Waals surface area contributed by atoms with Crippen LogP contribution in [0.3, 0.4) is 0 Å². The van der Waals surface area contributed by atoms with Gasteiger partial charge in [0, 0.05) is 18.8 Å². The van der Waals surface area contributed by atoms with Crippen LogP contribution in [-0.4, -0.2) is 42.8 Å². The van der Waals surface area contributed by atoms with Crippen LogP contribution in [0.1, 0.15) is 48.5 Å². The molecule has 2 aromatic rings. The van der Waals surface area contributed by atoms with Crippen LogP contribution in [0, 0.1) is 6.92 Å². The predicted molar refractivity (Wildman–Crippen MR) is 113 cm³/mol. The number of aryl methyl sites for hydroxylation is 1. The number of fused-ring (bicyclic) bond motifs is 1. The Morgan fingerprint density at radius 3 is 2.79 bits per heavy atom. The van der Waals surface area contributed by atoms with Gasteiger partial charge < -0.3 is 19.7 Å². The molecule has 4 rings (SSSR count). The molecular weight excluding hydrogens is 366 g/mol. The van der Waals surface area contributed by atoms with Gasteiger partial charge in [-0.3, -0.25) is 4.79 Å². The number of benzene rings is 1. The van der Waals surface area contributed by atoms with E-state index in [1.165, 1.54) is 0 Å². The molecule has 1 fully saturated rings. The molecule has 1 aliphatic heterocycles. The maximum atomic E-state index is 13.0. The van der Waals surface area contributed by atoms with Crippen molar-refractivity contribution in [3.8, 4) is 5.75 Å². The fourth-order valence-corrected chi connectivity index (χ4v) is 4.16. The number of nitrogens with one attached hydrogen (secondary N) is 1. The molecule has 0 radical (unpaired) electrons. The van der Waals surface area contributed by atoms with Gasteiger partial charge in [0.25, 0.3) is 5.91 Å². The zero-order chi connectivity index (χ0) is 20.2. The van der Waals surface area contributed by atoms with E-state index in [2.05, 4.69) is 15.2 Å². The monoisotopic (exact) mass is 395 g/mol. The fraction of sp³-hybridized carbons (Fsp3) is 0.478. The number of ether oxygens (including phenoxy) is 2. The number of aromatic nitrogens is 1. The molecule has 0 bridgehead atoms. The first-order valence-electron chi connectivity index (χ1n) is 10.5. The van der Waals surface area contributed by atoms with Crippen LogP contribution in [-0.2, 0) is 4.74 Å². The van der Waals surface area contributed by atoms with Gasteiger partial charge in [-0.05, 0) is 63.3 Å². The number of para-hydroxylation sites is 1. The first kappa shape index (κ1) is 19.7. The lowest BCUT2D eigenvalue weighted by Crippen LogP contribution is -2.39. The second kappa shape index (κ2) is 8.82. The number of hydrogen-bond donors (Lipinski definition) is 1. The summed E-state index contributed by atoms with van der Waals surface area (Å²) in [7, 11) is 0. The van der Waals surface area contributed by atoms with E-state index >= 15 is 0 Å². The third-order valence-corrected chi connectivity index (χ3v) is 5.68. The molecule has 1 aromatic carbocycles. The summed E-state index contributed by atoms with van der Waals surface area (Å²) < 4.78 is 11.7. The molecule has 1 saturated carbocycles. The maximum Gasteiger partial charge on any atom is 0.255 e. The molecule has 1 amide bonds. The van der Waals surface area contributed by atoms with E-state index in [4.69, 9.17) is 9.47 Å². The molecule has 1 aliphatic carbocycles. The van der Waals surface area contributed by atoms with Gasteiger partial charge in [0.1, 0.15) is 12.4 Å². The molecule has 6 nitrogen and oxygen atoms in total. The van der Waals surface area contributed by atoms with Gasteiger partial charge >= 0.3 is 0 Å². The Morgan fingerprint density at radius 1 is 1.24 bits per heavy atom. The maximum absolute atomic E-state index is 13.0. The number of carbonyl (C=O) groups is 1. The lowest BCUT2D eigenvalue weighted by Gasteiger charge is -2.32. The number of pyridine rings is 1. The Labute approximate surface area is 172 Å². The zero-order valence-electron chi connectivity index (χ0n) is 17.2. The Morgan fingerprint density at radius 2 is 2.07 bits per heavy atom. The Kier molecular flexibility index (Phi) is 6.00. The summed E-state index contributed by atoms with van der Waals surface area (Å²) in [5, 5.41) is 3.20. The first-order chi connectivity index (χ1) is 14.2. The van der Waals surface area contributed by atoms with Crippen molar-refractivity contribution in [2.24, 2.45) is 0 Å². The van der Waals surface area contributed by atoms with E-state index in [1.807, 2.05) is 50.4 Å². The number of rotatable bonds is 5. The minimum absolute atomic E-state index is 0.0691. The molecule has 0 saturated heterocycles.